The van der Waals surface area contributed by atoms with Gasteiger partial charge < -0.3 is 5.32 Å². The van der Waals surface area contributed by atoms with Gasteiger partial charge in [0.05, 0.1) is 0 Å². The summed E-state index contributed by atoms with van der Waals surface area (Å²) in [6.07, 6.45) is 2.84. The second-order valence-corrected chi connectivity index (χ2v) is 4.44. The Kier molecular flexibility index (Phi) is 10.3. The first-order valence-electron chi connectivity index (χ1n) is 5.72. The number of nitrogens with one attached hydrogen (secondary N) is 1. The molecule has 2 nitrogen and oxygen atoms in total. The molecule has 1 N–H and O–H groups in total. The Morgan fingerprint density at radius 2 is 1.71 bits per heavy atom. The van der Waals surface area contributed by atoms with E-state index in [0.29, 0.717) is 6.42 Å². The summed E-state index contributed by atoms with van der Waals surface area (Å²) in [7, 11) is 0. The molecule has 0 aliphatic rings. The number of carbonyl (C=O) groups excluding carboxylic acids is 1. The van der Waals surface area contributed by atoms with Crippen LogP contribution >= 0.6 is 0 Å². The standard InChI is InChI=1S/C10H21NO.C2H6/c1-5-6-7-11-9(12)8-10(2,3)4;1-2/h5-8H2,1-4H3,(H,11,12);1-2H3. The van der Waals surface area contributed by atoms with Crippen LogP contribution in [0.4, 0.5) is 0 Å². The molecule has 0 unspecified atom stereocenters. The van der Waals surface area contributed by atoms with E-state index in [9.17, 15) is 4.79 Å². The SMILES string of the molecule is CC.CCCCNC(=O)CC(C)(C)C. The molecule has 0 heterocycles. The maximum atomic E-state index is 11.2. The summed E-state index contributed by atoms with van der Waals surface area (Å²) in [6, 6.07) is 0. The largest absolute Gasteiger partial charge is 0.356 e. The monoisotopic (exact) mass is 201 g/mol. The van der Waals surface area contributed by atoms with Crippen molar-refractivity contribution in [2.75, 3.05) is 6.54 Å². The maximum absolute atomic E-state index is 11.2. The van der Waals surface area contributed by atoms with Gasteiger partial charge in [0.25, 0.3) is 0 Å². The van der Waals surface area contributed by atoms with Gasteiger partial charge in [-0.2, -0.15) is 0 Å². The Morgan fingerprint density at radius 3 is 2.07 bits per heavy atom. The van der Waals surface area contributed by atoms with Gasteiger partial charge in [-0.1, -0.05) is 48.0 Å². The van der Waals surface area contributed by atoms with Crippen molar-refractivity contribution in [3.05, 3.63) is 0 Å². The van der Waals surface area contributed by atoms with Gasteiger partial charge in [0.15, 0.2) is 0 Å². The van der Waals surface area contributed by atoms with Crippen LogP contribution in [0.5, 0.6) is 0 Å². The highest BCUT2D eigenvalue weighted by Gasteiger charge is 2.14. The lowest BCUT2D eigenvalue weighted by Crippen LogP contribution is -2.28. The van der Waals surface area contributed by atoms with E-state index < -0.39 is 0 Å². The van der Waals surface area contributed by atoms with Crippen LogP contribution in [0, 0.1) is 5.41 Å². The van der Waals surface area contributed by atoms with Crippen molar-refractivity contribution < 1.29 is 4.79 Å². The van der Waals surface area contributed by atoms with Crippen molar-refractivity contribution in [2.45, 2.75) is 60.8 Å². The van der Waals surface area contributed by atoms with Crippen molar-refractivity contribution in [2.24, 2.45) is 5.41 Å². The molecular formula is C12H27NO. The third-order valence-corrected chi connectivity index (χ3v) is 1.54. The molecule has 14 heavy (non-hydrogen) atoms. The van der Waals surface area contributed by atoms with Crippen LogP contribution in [0.3, 0.4) is 0 Å². The second-order valence-electron chi connectivity index (χ2n) is 4.44. The van der Waals surface area contributed by atoms with Crippen LogP contribution in [0.15, 0.2) is 0 Å². The smallest absolute Gasteiger partial charge is 0.220 e. The highest BCUT2D eigenvalue weighted by molar-refractivity contribution is 5.76. The molecule has 2 heteroatoms. The molecule has 0 fully saturated rings. The average Bonchev–Trinajstić information content (AvgIpc) is 2.05. The van der Waals surface area contributed by atoms with E-state index in [4.69, 9.17) is 0 Å². The predicted molar refractivity (Wildman–Crippen MR) is 63.3 cm³/mol. The quantitative estimate of drug-likeness (QED) is 0.694. The van der Waals surface area contributed by atoms with Crippen molar-refractivity contribution in [3.8, 4) is 0 Å². The molecule has 0 aliphatic carbocycles. The van der Waals surface area contributed by atoms with Crippen LogP contribution in [0.2, 0.25) is 0 Å². The molecule has 0 atom stereocenters. The van der Waals surface area contributed by atoms with Crippen molar-refractivity contribution in [3.63, 3.8) is 0 Å². The van der Waals surface area contributed by atoms with Gasteiger partial charge in [0.2, 0.25) is 5.91 Å². The van der Waals surface area contributed by atoms with E-state index in [1.54, 1.807) is 0 Å². The van der Waals surface area contributed by atoms with E-state index >= 15 is 0 Å². The molecule has 0 aromatic carbocycles. The van der Waals surface area contributed by atoms with Crippen molar-refractivity contribution in [1.29, 1.82) is 0 Å². The molecule has 0 saturated carbocycles. The summed E-state index contributed by atoms with van der Waals surface area (Å²) in [6.45, 7) is 13.2. The third kappa shape index (κ3) is 14.0. The van der Waals surface area contributed by atoms with Crippen molar-refractivity contribution in [1.82, 2.24) is 5.32 Å². The van der Waals surface area contributed by atoms with Crippen LogP contribution in [0.25, 0.3) is 0 Å². The Morgan fingerprint density at radius 1 is 1.21 bits per heavy atom. The molecule has 0 bridgehead atoms. The molecule has 0 aromatic heterocycles. The summed E-state index contributed by atoms with van der Waals surface area (Å²) in [5.41, 5.74) is 0.107. The Balaban J connectivity index is 0. The summed E-state index contributed by atoms with van der Waals surface area (Å²) in [4.78, 5) is 11.2. The van der Waals surface area contributed by atoms with Crippen LogP contribution < -0.4 is 5.32 Å². The van der Waals surface area contributed by atoms with Crippen LogP contribution in [-0.4, -0.2) is 12.5 Å². The first kappa shape index (κ1) is 15.9. The normalized spacial score (nSPS) is 10.1. The number of hydrogen-bond acceptors (Lipinski definition) is 1. The molecule has 0 aromatic rings. The Labute approximate surface area is 89.5 Å². The van der Waals surface area contributed by atoms with Gasteiger partial charge in [-0.05, 0) is 11.8 Å². The molecular weight excluding hydrogens is 174 g/mol. The summed E-state index contributed by atoms with van der Waals surface area (Å²) >= 11 is 0. The summed E-state index contributed by atoms with van der Waals surface area (Å²) in [5, 5.41) is 2.90. The molecule has 0 rings (SSSR count). The van der Waals surface area contributed by atoms with Crippen LogP contribution in [-0.2, 0) is 4.79 Å². The van der Waals surface area contributed by atoms with Gasteiger partial charge >= 0.3 is 0 Å². The predicted octanol–water partition coefficient (Wildman–Crippen LogP) is 3.37. The maximum Gasteiger partial charge on any atom is 0.220 e. The summed E-state index contributed by atoms with van der Waals surface area (Å²) < 4.78 is 0. The zero-order valence-electron chi connectivity index (χ0n) is 10.7. The molecule has 0 spiro atoms. The minimum absolute atomic E-state index is 0.107. The third-order valence-electron chi connectivity index (χ3n) is 1.54. The van der Waals surface area contributed by atoms with Gasteiger partial charge in [-0.25, -0.2) is 0 Å². The number of rotatable bonds is 4. The zero-order chi connectivity index (χ0) is 11.6. The second kappa shape index (κ2) is 9.04. The molecule has 0 aliphatic heterocycles. The first-order valence-corrected chi connectivity index (χ1v) is 5.72. The summed E-state index contributed by atoms with van der Waals surface area (Å²) in [5.74, 6) is 0.177. The minimum Gasteiger partial charge on any atom is -0.356 e. The van der Waals surface area contributed by atoms with Gasteiger partial charge in [0.1, 0.15) is 0 Å². The van der Waals surface area contributed by atoms with E-state index in [1.165, 1.54) is 0 Å². The van der Waals surface area contributed by atoms with Crippen LogP contribution in [0.1, 0.15) is 60.8 Å². The Bertz CT molecular complexity index is 136. The fourth-order valence-corrected chi connectivity index (χ4v) is 0.949. The molecule has 86 valence electrons. The molecule has 0 saturated heterocycles. The minimum atomic E-state index is 0.107. The highest BCUT2D eigenvalue weighted by atomic mass is 16.1. The van der Waals surface area contributed by atoms with E-state index in [0.717, 1.165) is 19.4 Å². The molecule has 1 amide bonds. The zero-order valence-corrected chi connectivity index (χ0v) is 10.7. The average molecular weight is 201 g/mol. The highest BCUT2D eigenvalue weighted by Crippen LogP contribution is 2.17. The molecule has 0 radical (unpaired) electrons. The van der Waals surface area contributed by atoms with Crippen molar-refractivity contribution >= 4 is 5.91 Å². The number of unbranched alkanes of at least 4 members (excludes halogenated alkanes) is 1. The first-order chi connectivity index (χ1) is 6.45. The lowest BCUT2D eigenvalue weighted by Gasteiger charge is -2.17. The number of amides is 1. The lowest BCUT2D eigenvalue weighted by atomic mass is 9.92. The van der Waals surface area contributed by atoms with Gasteiger partial charge in [0, 0.05) is 13.0 Å². The van der Waals surface area contributed by atoms with Gasteiger partial charge in [-0.3, -0.25) is 4.79 Å². The van der Waals surface area contributed by atoms with E-state index in [2.05, 4.69) is 33.0 Å². The lowest BCUT2D eigenvalue weighted by molar-refractivity contribution is -0.122. The number of hydrogen-bond donors (Lipinski definition) is 1. The number of carbonyl (C=O) groups is 1. The Hall–Kier alpha value is -0.530. The fraction of sp³-hybridized carbons (Fsp3) is 0.917. The fourth-order valence-electron chi connectivity index (χ4n) is 0.949. The van der Waals surface area contributed by atoms with Gasteiger partial charge in [-0.15, -0.1) is 0 Å². The van der Waals surface area contributed by atoms with E-state index in [-0.39, 0.29) is 11.3 Å². The van der Waals surface area contributed by atoms with E-state index in [1.807, 2.05) is 13.8 Å². The topological polar surface area (TPSA) is 29.1 Å².